The lowest BCUT2D eigenvalue weighted by molar-refractivity contribution is -0.137. The van der Waals surface area contributed by atoms with Gasteiger partial charge < -0.3 is 5.32 Å². The molecule has 0 aliphatic carbocycles. The number of nitrogens with one attached hydrogen (secondary N) is 1. The van der Waals surface area contributed by atoms with Crippen LogP contribution >= 0.6 is 11.6 Å². The van der Waals surface area contributed by atoms with E-state index in [4.69, 9.17) is 16.9 Å². The van der Waals surface area contributed by atoms with Crippen molar-refractivity contribution in [3.63, 3.8) is 0 Å². The second-order valence-corrected chi connectivity index (χ2v) is 3.79. The van der Waals surface area contributed by atoms with Crippen LogP contribution in [0, 0.1) is 11.3 Å². The van der Waals surface area contributed by atoms with Gasteiger partial charge in [0.15, 0.2) is 0 Å². The zero-order valence-electron chi connectivity index (χ0n) is 8.81. The van der Waals surface area contributed by atoms with E-state index in [1.807, 2.05) is 6.07 Å². The molecule has 0 atom stereocenters. The summed E-state index contributed by atoms with van der Waals surface area (Å²) in [6.45, 7) is 0.451. The van der Waals surface area contributed by atoms with Crippen LogP contribution in [-0.4, -0.2) is 6.54 Å². The monoisotopic (exact) mass is 262 g/mol. The fraction of sp³-hybridized carbons (Fsp3) is 0.364. The summed E-state index contributed by atoms with van der Waals surface area (Å²) in [6, 6.07) is 5.61. The smallest absolute Gasteiger partial charge is 0.385 e. The second-order valence-electron chi connectivity index (χ2n) is 3.38. The number of rotatable bonds is 4. The van der Waals surface area contributed by atoms with Gasteiger partial charge in [0.2, 0.25) is 0 Å². The highest BCUT2D eigenvalue weighted by Crippen LogP contribution is 2.36. The highest BCUT2D eigenvalue weighted by Gasteiger charge is 2.33. The quantitative estimate of drug-likeness (QED) is 0.830. The van der Waals surface area contributed by atoms with Gasteiger partial charge >= 0.3 is 6.18 Å². The van der Waals surface area contributed by atoms with Crippen molar-refractivity contribution >= 4 is 17.3 Å². The Morgan fingerprint density at radius 1 is 1.35 bits per heavy atom. The molecule has 1 aromatic rings. The van der Waals surface area contributed by atoms with E-state index in [0.29, 0.717) is 25.1 Å². The molecule has 92 valence electrons. The van der Waals surface area contributed by atoms with Crippen LogP contribution in [0.2, 0.25) is 5.02 Å². The average molecular weight is 263 g/mol. The molecule has 0 aliphatic heterocycles. The topological polar surface area (TPSA) is 35.8 Å². The summed E-state index contributed by atoms with van der Waals surface area (Å²) in [6.07, 6.45) is -3.51. The minimum atomic E-state index is -4.46. The summed E-state index contributed by atoms with van der Waals surface area (Å²) in [4.78, 5) is 0. The fourth-order valence-corrected chi connectivity index (χ4v) is 1.48. The number of hydrogen-bond donors (Lipinski definition) is 1. The van der Waals surface area contributed by atoms with E-state index in [0.717, 1.165) is 6.07 Å². The van der Waals surface area contributed by atoms with Gasteiger partial charge in [-0.15, -0.1) is 0 Å². The van der Waals surface area contributed by atoms with Gasteiger partial charge in [0.05, 0.1) is 16.7 Å². The molecule has 0 saturated carbocycles. The van der Waals surface area contributed by atoms with Crippen LogP contribution in [0.15, 0.2) is 18.2 Å². The Kier molecular flexibility index (Phi) is 4.64. The molecular formula is C11H10ClF3N2. The Balaban J connectivity index is 2.73. The van der Waals surface area contributed by atoms with E-state index < -0.39 is 11.7 Å². The average Bonchev–Trinajstić information content (AvgIpc) is 2.25. The zero-order chi connectivity index (χ0) is 12.9. The van der Waals surface area contributed by atoms with Gasteiger partial charge in [0, 0.05) is 18.7 Å². The van der Waals surface area contributed by atoms with Crippen molar-refractivity contribution in [1.82, 2.24) is 0 Å². The zero-order valence-corrected chi connectivity index (χ0v) is 9.57. The maximum absolute atomic E-state index is 12.5. The summed E-state index contributed by atoms with van der Waals surface area (Å²) in [7, 11) is 0. The molecule has 1 aromatic carbocycles. The number of unbranched alkanes of at least 4 members (excludes halogenated alkanes) is 1. The van der Waals surface area contributed by atoms with E-state index in [1.165, 1.54) is 12.1 Å². The van der Waals surface area contributed by atoms with E-state index in [9.17, 15) is 13.2 Å². The molecule has 0 fully saturated rings. The Labute approximate surface area is 102 Å². The first-order valence-corrected chi connectivity index (χ1v) is 5.30. The molecule has 0 radical (unpaired) electrons. The lowest BCUT2D eigenvalue weighted by atomic mass is 10.2. The summed E-state index contributed by atoms with van der Waals surface area (Å²) in [5.41, 5.74) is -0.510. The molecule has 1 N–H and O–H groups in total. The van der Waals surface area contributed by atoms with Crippen LogP contribution in [0.25, 0.3) is 0 Å². The van der Waals surface area contributed by atoms with Gasteiger partial charge in [-0.25, -0.2) is 0 Å². The molecule has 0 amide bonds. The minimum Gasteiger partial charge on any atom is -0.385 e. The van der Waals surface area contributed by atoms with Gasteiger partial charge in [0.25, 0.3) is 0 Å². The highest BCUT2D eigenvalue weighted by molar-refractivity contribution is 6.31. The van der Waals surface area contributed by atoms with Crippen molar-refractivity contribution in [1.29, 1.82) is 5.26 Å². The summed E-state index contributed by atoms with van der Waals surface area (Å²) >= 11 is 5.47. The third kappa shape index (κ3) is 4.16. The van der Waals surface area contributed by atoms with Crippen LogP contribution in [0.1, 0.15) is 18.4 Å². The summed E-state index contributed by atoms with van der Waals surface area (Å²) in [5.74, 6) is 0. The molecule has 2 nitrogen and oxygen atoms in total. The number of nitrogens with zero attached hydrogens (tertiary/aromatic N) is 1. The number of alkyl halides is 3. The maximum Gasteiger partial charge on any atom is 0.417 e. The molecule has 0 heterocycles. The molecule has 0 aromatic heterocycles. The third-order valence-corrected chi connectivity index (χ3v) is 2.40. The predicted molar refractivity (Wildman–Crippen MR) is 59.8 cm³/mol. The van der Waals surface area contributed by atoms with E-state index in [1.54, 1.807) is 0 Å². The van der Waals surface area contributed by atoms with Crippen molar-refractivity contribution < 1.29 is 13.2 Å². The van der Waals surface area contributed by atoms with Crippen LogP contribution in [0.3, 0.4) is 0 Å². The molecule has 0 aliphatic rings. The van der Waals surface area contributed by atoms with Gasteiger partial charge in [-0.1, -0.05) is 11.6 Å². The van der Waals surface area contributed by atoms with Crippen LogP contribution in [0.4, 0.5) is 18.9 Å². The summed E-state index contributed by atoms with van der Waals surface area (Å²) < 4.78 is 37.5. The first kappa shape index (κ1) is 13.7. The highest BCUT2D eigenvalue weighted by atomic mass is 35.5. The Morgan fingerprint density at radius 2 is 2.06 bits per heavy atom. The number of benzene rings is 1. The van der Waals surface area contributed by atoms with Crippen LogP contribution in [-0.2, 0) is 6.18 Å². The minimum absolute atomic E-state index is 0.319. The first-order chi connectivity index (χ1) is 7.95. The van der Waals surface area contributed by atoms with Crippen molar-refractivity contribution in [2.24, 2.45) is 0 Å². The van der Waals surface area contributed by atoms with E-state index in [2.05, 4.69) is 5.32 Å². The SMILES string of the molecule is N#CCCCNc1ccc(Cl)c(C(F)(F)F)c1. The normalized spacial score (nSPS) is 11.0. The molecule has 1 rings (SSSR count). The molecule has 17 heavy (non-hydrogen) atoms. The van der Waals surface area contributed by atoms with Crippen molar-refractivity contribution in [3.05, 3.63) is 28.8 Å². The maximum atomic E-state index is 12.5. The van der Waals surface area contributed by atoms with Crippen molar-refractivity contribution in [2.75, 3.05) is 11.9 Å². The van der Waals surface area contributed by atoms with Crippen LogP contribution < -0.4 is 5.32 Å². The molecule has 0 unspecified atom stereocenters. The van der Waals surface area contributed by atoms with E-state index >= 15 is 0 Å². The lowest BCUT2D eigenvalue weighted by Crippen LogP contribution is -2.08. The van der Waals surface area contributed by atoms with E-state index in [-0.39, 0.29) is 5.02 Å². The van der Waals surface area contributed by atoms with Gasteiger partial charge in [-0.2, -0.15) is 18.4 Å². The Hall–Kier alpha value is -1.41. The van der Waals surface area contributed by atoms with Gasteiger partial charge in [-0.05, 0) is 24.6 Å². The number of hydrogen-bond acceptors (Lipinski definition) is 2. The predicted octanol–water partition coefficient (Wildman–Crippen LogP) is 4.07. The first-order valence-electron chi connectivity index (χ1n) is 4.92. The van der Waals surface area contributed by atoms with Crippen molar-refractivity contribution in [2.45, 2.75) is 19.0 Å². The largest absolute Gasteiger partial charge is 0.417 e. The van der Waals surface area contributed by atoms with Crippen molar-refractivity contribution in [3.8, 4) is 6.07 Å². The number of anilines is 1. The molecule has 0 bridgehead atoms. The Morgan fingerprint density at radius 3 is 2.65 bits per heavy atom. The fourth-order valence-electron chi connectivity index (χ4n) is 1.25. The van der Waals surface area contributed by atoms with Crippen LogP contribution in [0.5, 0.6) is 0 Å². The molecule has 0 spiro atoms. The lowest BCUT2D eigenvalue weighted by Gasteiger charge is -2.11. The Bertz CT molecular complexity index is 424. The second kappa shape index (κ2) is 5.78. The van der Waals surface area contributed by atoms with Gasteiger partial charge in [0.1, 0.15) is 0 Å². The number of nitriles is 1. The van der Waals surface area contributed by atoms with Gasteiger partial charge in [-0.3, -0.25) is 0 Å². The third-order valence-electron chi connectivity index (χ3n) is 2.07. The standard InChI is InChI=1S/C11H10ClF3N2/c12-10-4-3-8(17-6-2-1-5-16)7-9(10)11(13,14)15/h3-4,7,17H,1-2,6H2. The molecule has 0 saturated heterocycles. The number of halogens is 4. The summed E-state index contributed by atoms with van der Waals surface area (Å²) in [5, 5.41) is 10.8. The molecule has 6 heteroatoms. The molecular weight excluding hydrogens is 253 g/mol.